The van der Waals surface area contributed by atoms with Crippen LogP contribution in [0.15, 0.2) is 65.8 Å². The Labute approximate surface area is 139 Å². The fourth-order valence-corrected chi connectivity index (χ4v) is 3.26. The van der Waals surface area contributed by atoms with E-state index in [4.69, 9.17) is 11.6 Å². The van der Waals surface area contributed by atoms with Gasteiger partial charge in [-0.3, -0.25) is 9.97 Å². The predicted molar refractivity (Wildman–Crippen MR) is 91.0 cm³/mol. The van der Waals surface area contributed by atoms with E-state index in [-0.39, 0.29) is 4.90 Å². The Morgan fingerprint density at radius 1 is 0.957 bits per heavy atom. The molecule has 0 N–H and O–H groups in total. The van der Waals surface area contributed by atoms with Crippen LogP contribution in [0.1, 0.15) is 0 Å². The van der Waals surface area contributed by atoms with Gasteiger partial charge in [0.05, 0.1) is 16.3 Å². The molecule has 116 valence electrons. The lowest BCUT2D eigenvalue weighted by molar-refractivity contribution is 0.602. The Morgan fingerprint density at radius 3 is 2.43 bits per heavy atom. The maximum atomic E-state index is 11.8. The van der Waals surface area contributed by atoms with E-state index >= 15 is 0 Å². The average molecular weight is 345 g/mol. The molecule has 0 aliphatic heterocycles. The quantitative estimate of drug-likeness (QED) is 0.723. The van der Waals surface area contributed by atoms with Crippen molar-refractivity contribution in [1.29, 1.82) is 0 Å². The first-order chi connectivity index (χ1) is 10.9. The van der Waals surface area contributed by atoms with Crippen molar-refractivity contribution < 1.29 is 8.42 Å². The van der Waals surface area contributed by atoms with Crippen molar-refractivity contribution in [2.24, 2.45) is 0 Å². The van der Waals surface area contributed by atoms with Gasteiger partial charge in [-0.25, -0.2) is 8.42 Å². The number of halogens is 1. The average Bonchev–Trinajstić information content (AvgIpc) is 2.54. The molecule has 0 amide bonds. The molecular formula is C17H13ClN2O2S. The molecule has 0 saturated carbocycles. The zero-order valence-electron chi connectivity index (χ0n) is 12.3. The highest BCUT2D eigenvalue weighted by Gasteiger charge is 2.14. The van der Waals surface area contributed by atoms with Crippen molar-refractivity contribution >= 4 is 21.4 Å². The zero-order valence-corrected chi connectivity index (χ0v) is 13.8. The third-order valence-electron chi connectivity index (χ3n) is 3.32. The fourth-order valence-electron chi connectivity index (χ4n) is 2.28. The van der Waals surface area contributed by atoms with Gasteiger partial charge in [0.15, 0.2) is 9.84 Å². The number of nitrogens with zero attached hydrogens (tertiary/aromatic N) is 2. The first-order valence-electron chi connectivity index (χ1n) is 6.82. The van der Waals surface area contributed by atoms with Crippen molar-refractivity contribution in [2.45, 2.75) is 4.90 Å². The molecule has 3 aromatic rings. The van der Waals surface area contributed by atoms with Gasteiger partial charge in [-0.05, 0) is 42.5 Å². The second-order valence-electron chi connectivity index (χ2n) is 5.06. The van der Waals surface area contributed by atoms with Gasteiger partial charge in [-0.2, -0.15) is 0 Å². The van der Waals surface area contributed by atoms with Crippen LogP contribution in [0.3, 0.4) is 0 Å². The highest BCUT2D eigenvalue weighted by molar-refractivity contribution is 7.90. The van der Waals surface area contributed by atoms with Crippen LogP contribution in [0, 0.1) is 0 Å². The van der Waals surface area contributed by atoms with Crippen molar-refractivity contribution in [3.63, 3.8) is 0 Å². The van der Waals surface area contributed by atoms with Crippen molar-refractivity contribution in [3.8, 4) is 22.5 Å². The standard InChI is InChI=1S/C17H13ClN2O2S/c1-23(21,22)14-10-12(9-13(18)11-14)17-15(5-4-8-20-17)16-6-2-3-7-19-16/h2-11H,1H3. The van der Waals surface area contributed by atoms with Gasteiger partial charge in [0.25, 0.3) is 0 Å². The van der Waals surface area contributed by atoms with Crippen LogP contribution in [-0.4, -0.2) is 24.6 Å². The van der Waals surface area contributed by atoms with Crippen LogP contribution < -0.4 is 0 Å². The molecule has 0 saturated heterocycles. The number of rotatable bonds is 3. The summed E-state index contributed by atoms with van der Waals surface area (Å²) in [6.45, 7) is 0. The number of hydrogen-bond donors (Lipinski definition) is 0. The Bertz CT molecular complexity index is 957. The maximum Gasteiger partial charge on any atom is 0.175 e. The van der Waals surface area contributed by atoms with E-state index in [1.165, 1.54) is 6.07 Å². The molecule has 0 radical (unpaired) electrons. The highest BCUT2D eigenvalue weighted by Crippen LogP contribution is 2.32. The van der Waals surface area contributed by atoms with E-state index in [1.807, 2.05) is 30.3 Å². The molecule has 0 aliphatic rings. The number of sulfone groups is 1. The summed E-state index contributed by atoms with van der Waals surface area (Å²) in [5.74, 6) is 0. The molecule has 0 atom stereocenters. The number of aromatic nitrogens is 2. The Hall–Kier alpha value is -2.24. The van der Waals surface area contributed by atoms with Gasteiger partial charge in [-0.15, -0.1) is 0 Å². The molecule has 1 aromatic carbocycles. The molecule has 0 bridgehead atoms. The molecule has 6 heteroatoms. The molecule has 0 aliphatic carbocycles. The normalized spacial score (nSPS) is 11.4. The third kappa shape index (κ3) is 3.41. The second-order valence-corrected chi connectivity index (χ2v) is 7.51. The summed E-state index contributed by atoms with van der Waals surface area (Å²) in [5, 5.41) is 0.348. The van der Waals surface area contributed by atoms with Crippen LogP contribution in [0.5, 0.6) is 0 Å². The van der Waals surface area contributed by atoms with Crippen molar-refractivity contribution in [2.75, 3.05) is 6.26 Å². The topological polar surface area (TPSA) is 59.9 Å². The van der Waals surface area contributed by atoms with Gasteiger partial charge in [0.2, 0.25) is 0 Å². The minimum absolute atomic E-state index is 0.164. The molecule has 4 nitrogen and oxygen atoms in total. The van der Waals surface area contributed by atoms with Gasteiger partial charge in [0, 0.05) is 34.8 Å². The monoisotopic (exact) mass is 344 g/mol. The molecule has 2 heterocycles. The molecular weight excluding hydrogens is 332 g/mol. The molecule has 2 aromatic heterocycles. The lowest BCUT2D eigenvalue weighted by Crippen LogP contribution is -1.98. The molecule has 23 heavy (non-hydrogen) atoms. The van der Waals surface area contributed by atoms with E-state index in [2.05, 4.69) is 9.97 Å². The summed E-state index contributed by atoms with van der Waals surface area (Å²) in [6.07, 6.45) is 4.51. The lowest BCUT2D eigenvalue weighted by Gasteiger charge is -2.10. The van der Waals surface area contributed by atoms with Crippen LogP contribution in [0.4, 0.5) is 0 Å². The van der Waals surface area contributed by atoms with E-state index in [1.54, 1.807) is 24.5 Å². The summed E-state index contributed by atoms with van der Waals surface area (Å²) < 4.78 is 23.7. The lowest BCUT2D eigenvalue weighted by atomic mass is 10.0. The zero-order chi connectivity index (χ0) is 16.4. The van der Waals surface area contributed by atoms with Crippen LogP contribution >= 0.6 is 11.6 Å². The predicted octanol–water partition coefficient (Wildman–Crippen LogP) is 3.87. The van der Waals surface area contributed by atoms with Gasteiger partial charge in [0.1, 0.15) is 0 Å². The first-order valence-corrected chi connectivity index (χ1v) is 9.09. The van der Waals surface area contributed by atoms with E-state index in [9.17, 15) is 8.42 Å². The van der Waals surface area contributed by atoms with E-state index < -0.39 is 9.84 Å². The SMILES string of the molecule is CS(=O)(=O)c1cc(Cl)cc(-c2ncccc2-c2ccccn2)c1. The Kier molecular flexibility index (Phi) is 4.15. The van der Waals surface area contributed by atoms with Crippen molar-refractivity contribution in [3.05, 3.63) is 65.9 Å². The van der Waals surface area contributed by atoms with Crippen LogP contribution in [-0.2, 0) is 9.84 Å². The van der Waals surface area contributed by atoms with Gasteiger partial charge in [-0.1, -0.05) is 17.7 Å². The molecule has 0 fully saturated rings. The van der Waals surface area contributed by atoms with Crippen molar-refractivity contribution in [1.82, 2.24) is 9.97 Å². The molecule has 0 unspecified atom stereocenters. The number of pyridine rings is 2. The summed E-state index contributed by atoms with van der Waals surface area (Å²) in [5.41, 5.74) is 2.85. The smallest absolute Gasteiger partial charge is 0.175 e. The minimum Gasteiger partial charge on any atom is -0.256 e. The van der Waals surface area contributed by atoms with Gasteiger partial charge >= 0.3 is 0 Å². The maximum absolute atomic E-state index is 11.8. The Morgan fingerprint density at radius 2 is 1.74 bits per heavy atom. The Balaban J connectivity index is 2.23. The summed E-state index contributed by atoms with van der Waals surface area (Å²) in [7, 11) is -3.36. The summed E-state index contributed by atoms with van der Waals surface area (Å²) in [6, 6.07) is 14.0. The highest BCUT2D eigenvalue weighted by atomic mass is 35.5. The minimum atomic E-state index is -3.36. The van der Waals surface area contributed by atoms with E-state index in [0.717, 1.165) is 17.5 Å². The first kappa shape index (κ1) is 15.6. The number of hydrogen-bond acceptors (Lipinski definition) is 4. The largest absolute Gasteiger partial charge is 0.256 e. The van der Waals surface area contributed by atoms with Crippen LogP contribution in [0.25, 0.3) is 22.5 Å². The summed E-state index contributed by atoms with van der Waals surface area (Å²) >= 11 is 6.10. The molecule has 0 spiro atoms. The van der Waals surface area contributed by atoms with Gasteiger partial charge < -0.3 is 0 Å². The molecule has 3 rings (SSSR count). The summed E-state index contributed by atoms with van der Waals surface area (Å²) in [4.78, 5) is 8.90. The fraction of sp³-hybridized carbons (Fsp3) is 0.0588. The third-order valence-corrected chi connectivity index (χ3v) is 4.63. The van der Waals surface area contributed by atoms with Crippen LogP contribution in [0.2, 0.25) is 5.02 Å². The number of benzene rings is 1. The second kappa shape index (κ2) is 6.10. The van der Waals surface area contributed by atoms with E-state index in [0.29, 0.717) is 16.3 Å².